The minimum Gasteiger partial charge on any atom is -0.495 e. The quantitative estimate of drug-likeness (QED) is 0.102. The van der Waals surface area contributed by atoms with Gasteiger partial charge in [0.05, 0.1) is 46.2 Å². The number of para-hydroxylation sites is 2. The number of aromatic nitrogens is 2. The van der Waals surface area contributed by atoms with Gasteiger partial charge in [0.25, 0.3) is 11.4 Å². The summed E-state index contributed by atoms with van der Waals surface area (Å²) in [5.74, 6) is 1.01. The third kappa shape index (κ3) is 7.62. The first kappa shape index (κ1) is 28.7. The predicted octanol–water partition coefficient (Wildman–Crippen LogP) is 6.24. The minimum atomic E-state index is -0.571. The fourth-order valence-electron chi connectivity index (χ4n) is 3.39. The van der Waals surface area contributed by atoms with Gasteiger partial charge in [-0.3, -0.25) is 31.1 Å². The number of benzene rings is 3. The van der Waals surface area contributed by atoms with Crippen LogP contribution >= 0.6 is 23.2 Å². The molecule has 0 aliphatic heterocycles. The van der Waals surface area contributed by atoms with Crippen LogP contribution < -0.4 is 20.9 Å². The highest BCUT2D eigenvalue weighted by molar-refractivity contribution is 6.31. The molecule has 14 nitrogen and oxygen atoms in total. The summed E-state index contributed by atoms with van der Waals surface area (Å²) in [5.41, 5.74) is 5.94. The molecule has 0 saturated carbocycles. The third-order valence-corrected chi connectivity index (χ3v) is 5.69. The van der Waals surface area contributed by atoms with E-state index in [-0.39, 0.29) is 50.1 Å². The Morgan fingerprint density at radius 3 is 1.80 bits per heavy atom. The Morgan fingerprint density at radius 1 is 0.805 bits per heavy atom. The summed E-state index contributed by atoms with van der Waals surface area (Å²) in [6.07, 6.45) is 2.49. The van der Waals surface area contributed by atoms with Crippen molar-refractivity contribution in [2.24, 2.45) is 10.2 Å². The highest BCUT2D eigenvalue weighted by Crippen LogP contribution is 2.27. The number of nitro benzene ring substituents is 2. The average Bonchev–Trinajstić information content (AvgIpc) is 2.94. The smallest absolute Gasteiger partial charge is 0.279 e. The normalized spacial score (nSPS) is 11.0. The first-order valence-electron chi connectivity index (χ1n) is 11.5. The molecule has 41 heavy (non-hydrogen) atoms. The molecule has 4 rings (SSSR count). The van der Waals surface area contributed by atoms with Crippen molar-refractivity contribution in [3.63, 3.8) is 0 Å². The first-order valence-corrected chi connectivity index (χ1v) is 12.2. The lowest BCUT2D eigenvalue weighted by Crippen LogP contribution is -2.05. The Morgan fingerprint density at radius 2 is 1.32 bits per heavy atom. The van der Waals surface area contributed by atoms with Crippen LogP contribution in [0.2, 0.25) is 10.0 Å². The van der Waals surface area contributed by atoms with Crippen LogP contribution in [0.15, 0.2) is 76.9 Å². The maximum Gasteiger partial charge on any atom is 0.279 e. The Kier molecular flexibility index (Phi) is 9.19. The van der Waals surface area contributed by atoms with E-state index in [1.54, 1.807) is 24.3 Å². The number of nitro groups is 2. The molecular formula is C25H19Cl2N9O5. The maximum atomic E-state index is 11.4. The van der Waals surface area contributed by atoms with E-state index < -0.39 is 9.85 Å². The van der Waals surface area contributed by atoms with E-state index in [4.69, 9.17) is 27.9 Å². The molecule has 1 heterocycles. The lowest BCUT2D eigenvalue weighted by molar-refractivity contribution is -0.385. The van der Waals surface area contributed by atoms with Crippen molar-refractivity contribution >= 4 is 70.3 Å². The van der Waals surface area contributed by atoms with Crippen molar-refractivity contribution in [1.82, 2.24) is 9.97 Å². The summed E-state index contributed by atoms with van der Waals surface area (Å²) in [4.78, 5) is 30.3. The van der Waals surface area contributed by atoms with E-state index in [2.05, 4.69) is 36.3 Å². The number of ether oxygens (including phenoxy) is 1. The molecule has 1 aromatic heterocycles. The zero-order valence-electron chi connectivity index (χ0n) is 21.0. The highest BCUT2D eigenvalue weighted by atomic mass is 35.5. The Balaban J connectivity index is 1.62. The lowest BCUT2D eigenvalue weighted by atomic mass is 10.2. The molecule has 0 aliphatic rings. The van der Waals surface area contributed by atoms with Crippen LogP contribution in [0.25, 0.3) is 0 Å². The highest BCUT2D eigenvalue weighted by Gasteiger charge is 2.14. The van der Waals surface area contributed by atoms with Crippen molar-refractivity contribution in [2.45, 2.75) is 0 Å². The Bertz CT molecular complexity index is 1570. The number of halogens is 2. The number of hydrazone groups is 2. The van der Waals surface area contributed by atoms with E-state index in [1.807, 2.05) is 0 Å². The number of nitrogens with zero attached hydrogens (tertiary/aromatic N) is 6. The topological polar surface area (TPSA) is 182 Å². The molecule has 3 aromatic carbocycles. The van der Waals surface area contributed by atoms with Crippen LogP contribution in [-0.2, 0) is 0 Å². The van der Waals surface area contributed by atoms with Crippen molar-refractivity contribution in [1.29, 1.82) is 0 Å². The fourth-order valence-corrected chi connectivity index (χ4v) is 3.72. The number of anilines is 4. The second-order valence-corrected chi connectivity index (χ2v) is 8.82. The molecule has 16 heteroatoms. The van der Waals surface area contributed by atoms with Gasteiger partial charge in [0.15, 0.2) is 11.6 Å². The van der Waals surface area contributed by atoms with E-state index in [9.17, 15) is 20.2 Å². The maximum absolute atomic E-state index is 11.4. The number of hydrogen-bond donors (Lipinski definition) is 3. The second kappa shape index (κ2) is 13.1. The Labute approximate surface area is 242 Å². The summed E-state index contributed by atoms with van der Waals surface area (Å²) in [5, 5.41) is 34.3. The molecule has 0 aliphatic carbocycles. The second-order valence-electron chi connectivity index (χ2n) is 7.95. The van der Waals surface area contributed by atoms with Crippen molar-refractivity contribution in [2.75, 3.05) is 23.3 Å². The number of nitrogens with one attached hydrogen (secondary N) is 3. The molecule has 0 radical (unpaired) electrons. The standard InChI is InChI=1S/C25H19Cl2N9O5/c1-41-22-5-3-2-4-19(22)30-25-31-23(33-28-13-15-6-8-17(26)10-20(15)35(37)38)12-24(32-25)34-29-14-16-7-9-18(27)11-21(16)36(39)40/h2-14H,1H3,(H3,30,31,32,33,34). The molecular weight excluding hydrogens is 577 g/mol. The lowest BCUT2D eigenvalue weighted by Gasteiger charge is -2.11. The van der Waals surface area contributed by atoms with Gasteiger partial charge in [0.1, 0.15) is 5.75 Å². The molecule has 0 saturated heterocycles. The summed E-state index contributed by atoms with van der Waals surface area (Å²) in [6.45, 7) is 0. The molecule has 208 valence electrons. The summed E-state index contributed by atoms with van der Waals surface area (Å²) >= 11 is 11.7. The SMILES string of the molecule is COc1ccccc1Nc1nc(NN=Cc2ccc(Cl)cc2[N+](=O)[O-])cc(NN=Cc2ccc(Cl)cc2[N+](=O)[O-])n1. The van der Waals surface area contributed by atoms with Crippen LogP contribution in [0.5, 0.6) is 5.75 Å². The molecule has 4 aromatic rings. The minimum absolute atomic E-state index is 0.113. The van der Waals surface area contributed by atoms with E-state index >= 15 is 0 Å². The molecule has 0 bridgehead atoms. The molecule has 0 amide bonds. The molecule has 0 spiro atoms. The zero-order valence-corrected chi connectivity index (χ0v) is 22.5. The van der Waals surface area contributed by atoms with Crippen LogP contribution in [0.4, 0.5) is 34.6 Å². The van der Waals surface area contributed by atoms with Gasteiger partial charge in [-0.1, -0.05) is 35.3 Å². The number of rotatable bonds is 11. The first-order chi connectivity index (χ1) is 19.7. The monoisotopic (exact) mass is 595 g/mol. The van der Waals surface area contributed by atoms with Gasteiger partial charge in [-0.2, -0.15) is 20.2 Å². The van der Waals surface area contributed by atoms with E-state index in [1.165, 1.54) is 62.0 Å². The summed E-state index contributed by atoms with van der Waals surface area (Å²) in [6, 6.07) is 16.9. The molecule has 0 atom stereocenters. The fraction of sp³-hybridized carbons (Fsp3) is 0.0400. The van der Waals surface area contributed by atoms with Crippen molar-refractivity contribution in [3.8, 4) is 5.75 Å². The van der Waals surface area contributed by atoms with Gasteiger partial charge in [0, 0.05) is 28.2 Å². The van der Waals surface area contributed by atoms with Gasteiger partial charge in [-0.05, 0) is 36.4 Å². The third-order valence-electron chi connectivity index (χ3n) is 5.22. The van der Waals surface area contributed by atoms with E-state index in [0.717, 1.165) is 0 Å². The number of methoxy groups -OCH3 is 1. The van der Waals surface area contributed by atoms with Gasteiger partial charge >= 0.3 is 0 Å². The van der Waals surface area contributed by atoms with Gasteiger partial charge in [-0.25, -0.2) is 0 Å². The molecule has 0 fully saturated rings. The molecule has 0 unspecified atom stereocenters. The van der Waals surface area contributed by atoms with Crippen molar-refractivity contribution < 1.29 is 14.6 Å². The van der Waals surface area contributed by atoms with Gasteiger partial charge < -0.3 is 10.1 Å². The van der Waals surface area contributed by atoms with Crippen LogP contribution in [0, 0.1) is 20.2 Å². The van der Waals surface area contributed by atoms with Gasteiger partial charge in [-0.15, -0.1) is 0 Å². The van der Waals surface area contributed by atoms with Crippen molar-refractivity contribution in [3.05, 3.63) is 108 Å². The van der Waals surface area contributed by atoms with Gasteiger partial charge in [0.2, 0.25) is 5.95 Å². The van der Waals surface area contributed by atoms with Crippen LogP contribution in [0.3, 0.4) is 0 Å². The summed E-state index contributed by atoms with van der Waals surface area (Å²) in [7, 11) is 1.52. The van der Waals surface area contributed by atoms with Crippen LogP contribution in [-0.4, -0.2) is 39.4 Å². The average molecular weight is 596 g/mol. The molecule has 3 N–H and O–H groups in total. The van der Waals surface area contributed by atoms with Crippen LogP contribution in [0.1, 0.15) is 11.1 Å². The predicted molar refractivity (Wildman–Crippen MR) is 157 cm³/mol. The van der Waals surface area contributed by atoms with E-state index in [0.29, 0.717) is 11.4 Å². The largest absolute Gasteiger partial charge is 0.495 e. The Hall–Kier alpha value is -5.34. The number of hydrogen-bond acceptors (Lipinski definition) is 12. The summed E-state index contributed by atoms with van der Waals surface area (Å²) < 4.78 is 5.36. The zero-order chi connectivity index (χ0) is 29.4.